The van der Waals surface area contributed by atoms with Gasteiger partial charge in [-0.05, 0) is 31.5 Å². The van der Waals surface area contributed by atoms with Crippen molar-refractivity contribution in [2.24, 2.45) is 0 Å². The fourth-order valence-electron chi connectivity index (χ4n) is 2.51. The van der Waals surface area contributed by atoms with E-state index in [1.54, 1.807) is 12.1 Å². The Bertz CT molecular complexity index is 377. The molecular formula is C14H18Cl2FN. The predicted molar refractivity (Wildman–Crippen MR) is 74.8 cm³/mol. The smallest absolute Gasteiger partial charge is 0.129 e. The number of hydrogen-bond acceptors (Lipinski definition) is 1. The zero-order valence-corrected chi connectivity index (χ0v) is 11.9. The average molecular weight is 290 g/mol. The summed E-state index contributed by atoms with van der Waals surface area (Å²) in [5.74, 6) is 0.381. The van der Waals surface area contributed by atoms with Gasteiger partial charge in [-0.25, -0.2) is 4.39 Å². The van der Waals surface area contributed by atoms with Crippen LogP contribution in [0.25, 0.3) is 0 Å². The third kappa shape index (κ3) is 3.37. The number of likely N-dealkylation sites (tertiary alicyclic amines) is 1. The van der Waals surface area contributed by atoms with Gasteiger partial charge in [-0.15, -0.1) is 11.6 Å². The van der Waals surface area contributed by atoms with E-state index in [1.165, 1.54) is 18.9 Å². The summed E-state index contributed by atoms with van der Waals surface area (Å²) in [6.45, 7) is 1.53. The van der Waals surface area contributed by atoms with E-state index in [9.17, 15) is 4.39 Å². The van der Waals surface area contributed by atoms with Gasteiger partial charge in [0.05, 0.1) is 0 Å². The van der Waals surface area contributed by atoms with Crippen molar-refractivity contribution in [3.05, 3.63) is 34.6 Å². The zero-order chi connectivity index (χ0) is 13.0. The first kappa shape index (κ1) is 14.1. The summed E-state index contributed by atoms with van der Waals surface area (Å²) < 4.78 is 13.8. The maximum atomic E-state index is 13.8. The molecule has 1 nitrogen and oxygen atoms in total. The van der Waals surface area contributed by atoms with Crippen molar-refractivity contribution in [1.82, 2.24) is 4.90 Å². The largest absolute Gasteiger partial charge is 0.295 e. The van der Waals surface area contributed by atoms with Crippen molar-refractivity contribution in [1.29, 1.82) is 0 Å². The zero-order valence-electron chi connectivity index (χ0n) is 10.3. The SMILES string of the molecule is Fc1cccc(Cl)c1CN1CCCCCC1CCl. The van der Waals surface area contributed by atoms with E-state index in [0.717, 1.165) is 19.4 Å². The Labute approximate surface area is 118 Å². The quantitative estimate of drug-likeness (QED) is 0.743. The van der Waals surface area contributed by atoms with Crippen LogP contribution in [0.1, 0.15) is 31.2 Å². The van der Waals surface area contributed by atoms with Crippen LogP contribution in [0.15, 0.2) is 18.2 Å². The molecule has 1 unspecified atom stereocenters. The summed E-state index contributed by atoms with van der Waals surface area (Å²) in [7, 11) is 0. The van der Waals surface area contributed by atoms with E-state index >= 15 is 0 Å². The van der Waals surface area contributed by atoms with Crippen molar-refractivity contribution < 1.29 is 4.39 Å². The molecule has 4 heteroatoms. The third-order valence-electron chi connectivity index (χ3n) is 3.60. The Morgan fingerprint density at radius 1 is 1.28 bits per heavy atom. The van der Waals surface area contributed by atoms with Gasteiger partial charge in [0, 0.05) is 29.1 Å². The minimum absolute atomic E-state index is 0.222. The molecule has 1 aromatic rings. The highest BCUT2D eigenvalue weighted by molar-refractivity contribution is 6.31. The van der Waals surface area contributed by atoms with Gasteiger partial charge in [0.2, 0.25) is 0 Å². The number of rotatable bonds is 3. The topological polar surface area (TPSA) is 3.24 Å². The Morgan fingerprint density at radius 3 is 2.83 bits per heavy atom. The first-order valence-corrected chi connectivity index (χ1v) is 7.36. The predicted octanol–water partition coefficient (Wildman–Crippen LogP) is 4.46. The van der Waals surface area contributed by atoms with E-state index in [-0.39, 0.29) is 5.82 Å². The highest BCUT2D eigenvalue weighted by Crippen LogP contribution is 2.25. The first-order chi connectivity index (χ1) is 8.72. The molecule has 1 aromatic carbocycles. The Balaban J connectivity index is 2.15. The van der Waals surface area contributed by atoms with Crippen LogP contribution in [-0.4, -0.2) is 23.4 Å². The van der Waals surface area contributed by atoms with Crippen LogP contribution < -0.4 is 0 Å². The lowest BCUT2D eigenvalue weighted by Gasteiger charge is -2.28. The molecule has 1 aliphatic rings. The van der Waals surface area contributed by atoms with Gasteiger partial charge in [0.25, 0.3) is 0 Å². The first-order valence-electron chi connectivity index (χ1n) is 6.45. The molecule has 1 saturated heterocycles. The molecule has 1 fully saturated rings. The van der Waals surface area contributed by atoms with Gasteiger partial charge >= 0.3 is 0 Å². The molecule has 0 aliphatic carbocycles. The summed E-state index contributed by atoms with van der Waals surface area (Å²) in [5.41, 5.74) is 0.594. The lowest BCUT2D eigenvalue weighted by atomic mass is 10.1. The molecule has 0 spiro atoms. The van der Waals surface area contributed by atoms with Gasteiger partial charge in [-0.3, -0.25) is 4.90 Å². The average Bonchev–Trinajstić information content (AvgIpc) is 2.59. The molecule has 0 aromatic heterocycles. The summed E-state index contributed by atoms with van der Waals surface area (Å²) >= 11 is 12.1. The molecule has 0 amide bonds. The lowest BCUT2D eigenvalue weighted by molar-refractivity contribution is 0.205. The summed E-state index contributed by atoms with van der Waals surface area (Å²) in [6, 6.07) is 5.19. The minimum Gasteiger partial charge on any atom is -0.295 e. The molecule has 1 heterocycles. The summed E-state index contributed by atoms with van der Waals surface area (Å²) in [6.07, 6.45) is 4.68. The molecular weight excluding hydrogens is 272 g/mol. The van der Waals surface area contributed by atoms with Crippen LogP contribution in [0.2, 0.25) is 5.02 Å². The normalized spacial score (nSPS) is 21.8. The maximum absolute atomic E-state index is 13.8. The second kappa shape index (κ2) is 6.74. The lowest BCUT2D eigenvalue weighted by Crippen LogP contribution is -2.36. The number of benzene rings is 1. The fraction of sp³-hybridized carbons (Fsp3) is 0.571. The van der Waals surface area contributed by atoms with Gasteiger partial charge in [-0.2, -0.15) is 0 Å². The van der Waals surface area contributed by atoms with Crippen molar-refractivity contribution in [3.8, 4) is 0 Å². The van der Waals surface area contributed by atoms with Gasteiger partial charge in [0.1, 0.15) is 5.82 Å². The number of hydrogen-bond donors (Lipinski definition) is 0. The summed E-state index contributed by atoms with van der Waals surface area (Å²) in [5, 5.41) is 0.507. The van der Waals surface area contributed by atoms with Gasteiger partial charge < -0.3 is 0 Å². The number of halogens is 3. The Morgan fingerprint density at radius 2 is 2.11 bits per heavy atom. The van der Waals surface area contributed by atoms with E-state index < -0.39 is 0 Å². The molecule has 0 N–H and O–H groups in total. The van der Waals surface area contributed by atoms with Crippen molar-refractivity contribution in [3.63, 3.8) is 0 Å². The molecule has 1 aliphatic heterocycles. The van der Waals surface area contributed by atoms with Gasteiger partial charge in [0.15, 0.2) is 0 Å². The molecule has 0 radical (unpaired) electrons. The second-order valence-corrected chi connectivity index (χ2v) is 5.54. The second-order valence-electron chi connectivity index (χ2n) is 4.83. The van der Waals surface area contributed by atoms with Crippen molar-refractivity contribution in [2.75, 3.05) is 12.4 Å². The van der Waals surface area contributed by atoms with Crippen LogP contribution in [-0.2, 0) is 6.54 Å². The van der Waals surface area contributed by atoms with Crippen LogP contribution in [0.5, 0.6) is 0 Å². The third-order valence-corrected chi connectivity index (χ3v) is 4.31. The van der Waals surface area contributed by atoms with Crippen LogP contribution in [0, 0.1) is 5.82 Å². The van der Waals surface area contributed by atoms with E-state index in [0.29, 0.717) is 29.1 Å². The Kier molecular flexibility index (Phi) is 5.28. The van der Waals surface area contributed by atoms with Crippen LogP contribution in [0.4, 0.5) is 4.39 Å². The Hall–Kier alpha value is -0.310. The van der Waals surface area contributed by atoms with E-state index in [2.05, 4.69) is 4.90 Å². The minimum atomic E-state index is -0.222. The monoisotopic (exact) mass is 289 g/mol. The molecule has 0 bridgehead atoms. The molecule has 1 atom stereocenters. The van der Waals surface area contributed by atoms with E-state index in [4.69, 9.17) is 23.2 Å². The number of alkyl halides is 1. The highest BCUT2D eigenvalue weighted by Gasteiger charge is 2.22. The van der Waals surface area contributed by atoms with Gasteiger partial charge in [-0.1, -0.05) is 30.5 Å². The van der Waals surface area contributed by atoms with E-state index in [1.807, 2.05) is 0 Å². The number of nitrogens with zero attached hydrogens (tertiary/aromatic N) is 1. The van der Waals surface area contributed by atoms with Crippen LogP contribution in [0.3, 0.4) is 0 Å². The fourth-order valence-corrected chi connectivity index (χ4v) is 3.08. The standard InChI is InChI=1S/C14H18Cl2FN/c15-9-11-5-2-1-3-8-18(11)10-12-13(16)6-4-7-14(12)17/h4,6-7,11H,1-3,5,8-10H2. The molecule has 2 rings (SSSR count). The molecule has 0 saturated carbocycles. The molecule has 18 heavy (non-hydrogen) atoms. The molecule has 100 valence electrons. The maximum Gasteiger partial charge on any atom is 0.129 e. The highest BCUT2D eigenvalue weighted by atomic mass is 35.5. The summed E-state index contributed by atoms with van der Waals surface area (Å²) in [4.78, 5) is 2.27. The van der Waals surface area contributed by atoms with Crippen molar-refractivity contribution in [2.45, 2.75) is 38.3 Å². The van der Waals surface area contributed by atoms with Crippen LogP contribution >= 0.6 is 23.2 Å². The van der Waals surface area contributed by atoms with Crippen molar-refractivity contribution >= 4 is 23.2 Å².